The second-order valence-corrected chi connectivity index (χ2v) is 10.1. The highest BCUT2D eigenvalue weighted by Crippen LogP contribution is 2.35. The van der Waals surface area contributed by atoms with E-state index < -0.39 is 6.09 Å². The number of aromatic nitrogens is 2. The van der Waals surface area contributed by atoms with Gasteiger partial charge in [0.1, 0.15) is 5.69 Å². The molecule has 2 aromatic rings. The summed E-state index contributed by atoms with van der Waals surface area (Å²) < 4.78 is 5.58. The first kappa shape index (κ1) is 26.1. The van der Waals surface area contributed by atoms with Crippen LogP contribution in [-0.2, 0) is 4.74 Å². The van der Waals surface area contributed by atoms with Crippen LogP contribution in [0.1, 0.15) is 45.4 Å². The minimum absolute atomic E-state index is 0.0211. The number of ether oxygens (including phenoxy) is 1. The van der Waals surface area contributed by atoms with E-state index >= 15 is 0 Å². The van der Waals surface area contributed by atoms with Gasteiger partial charge in [0.25, 0.3) is 0 Å². The van der Waals surface area contributed by atoms with Gasteiger partial charge >= 0.3 is 6.09 Å². The molecule has 11 heteroatoms. The molecule has 2 fully saturated rings. The fourth-order valence-electron chi connectivity index (χ4n) is 4.63. The summed E-state index contributed by atoms with van der Waals surface area (Å²) in [6.07, 6.45) is 3.37. The van der Waals surface area contributed by atoms with Gasteiger partial charge in [-0.2, -0.15) is 4.99 Å². The SMILES string of the molecule is CC1CCC(CNc2c(NN3CCOC[C@@H]3C)nc(/C(N)=N/C(=O)O)nc2-c2cccc(Cl)c2)CC1. The van der Waals surface area contributed by atoms with E-state index in [1.165, 1.54) is 25.7 Å². The number of rotatable bonds is 7. The fraction of sp³-hybridized carbons (Fsp3) is 0.520. The number of nitrogens with one attached hydrogen (secondary N) is 2. The molecule has 0 unspecified atom stereocenters. The lowest BCUT2D eigenvalue weighted by molar-refractivity contribution is 0.0122. The predicted octanol–water partition coefficient (Wildman–Crippen LogP) is 4.47. The Morgan fingerprint density at radius 2 is 2.06 bits per heavy atom. The van der Waals surface area contributed by atoms with Gasteiger partial charge in [-0.1, -0.05) is 43.5 Å². The van der Waals surface area contributed by atoms with Gasteiger partial charge in [-0.15, -0.1) is 0 Å². The molecule has 1 aromatic carbocycles. The number of benzene rings is 1. The highest BCUT2D eigenvalue weighted by molar-refractivity contribution is 6.30. The summed E-state index contributed by atoms with van der Waals surface area (Å²) in [6.45, 7) is 6.96. The number of hydrazine groups is 1. The molecule has 1 atom stereocenters. The lowest BCUT2D eigenvalue weighted by Crippen LogP contribution is -2.47. The van der Waals surface area contributed by atoms with Crippen LogP contribution < -0.4 is 16.5 Å². The summed E-state index contributed by atoms with van der Waals surface area (Å²) in [5, 5.41) is 15.4. The first-order valence-corrected chi connectivity index (χ1v) is 12.8. The average Bonchev–Trinajstić information content (AvgIpc) is 2.85. The molecule has 1 saturated heterocycles. The van der Waals surface area contributed by atoms with Crippen molar-refractivity contribution in [3.05, 3.63) is 35.1 Å². The Morgan fingerprint density at radius 1 is 1.28 bits per heavy atom. The molecule has 2 aliphatic rings. The number of hydrogen-bond acceptors (Lipinski definition) is 7. The number of halogens is 1. The van der Waals surface area contributed by atoms with Crippen molar-refractivity contribution in [3.63, 3.8) is 0 Å². The van der Waals surface area contributed by atoms with E-state index in [0.29, 0.717) is 47.9 Å². The zero-order chi connectivity index (χ0) is 25.7. The molecule has 5 N–H and O–H groups in total. The van der Waals surface area contributed by atoms with E-state index in [0.717, 1.165) is 18.0 Å². The van der Waals surface area contributed by atoms with Crippen molar-refractivity contribution < 1.29 is 14.6 Å². The van der Waals surface area contributed by atoms with E-state index in [-0.39, 0.29) is 17.7 Å². The maximum absolute atomic E-state index is 11.2. The smallest absolute Gasteiger partial charge is 0.433 e. The van der Waals surface area contributed by atoms with Crippen molar-refractivity contribution in [3.8, 4) is 11.3 Å². The van der Waals surface area contributed by atoms with Gasteiger partial charge in [0.05, 0.1) is 18.9 Å². The molecular weight excluding hydrogens is 482 g/mol. The number of amides is 1. The first-order chi connectivity index (χ1) is 17.3. The van der Waals surface area contributed by atoms with Crippen LogP contribution in [-0.4, -0.2) is 64.4 Å². The van der Waals surface area contributed by atoms with E-state index in [4.69, 9.17) is 27.2 Å². The molecule has 36 heavy (non-hydrogen) atoms. The third-order valence-corrected chi connectivity index (χ3v) is 7.01. The molecule has 2 heterocycles. The molecule has 1 aliphatic carbocycles. The molecule has 10 nitrogen and oxygen atoms in total. The molecule has 0 spiro atoms. The van der Waals surface area contributed by atoms with Crippen LogP contribution in [0, 0.1) is 11.8 Å². The van der Waals surface area contributed by atoms with Gasteiger partial charge in [-0.25, -0.2) is 19.8 Å². The van der Waals surface area contributed by atoms with Crippen LogP contribution in [0.15, 0.2) is 29.3 Å². The summed E-state index contributed by atoms with van der Waals surface area (Å²) in [5.74, 6) is 1.55. The van der Waals surface area contributed by atoms with Gasteiger partial charge in [-0.05, 0) is 43.7 Å². The number of nitrogens with two attached hydrogens (primary N) is 1. The third kappa shape index (κ3) is 6.63. The normalized spacial score (nSPS) is 23.3. The summed E-state index contributed by atoms with van der Waals surface area (Å²) >= 11 is 6.32. The largest absolute Gasteiger partial charge is 0.463 e. The predicted molar refractivity (Wildman–Crippen MR) is 141 cm³/mol. The minimum Gasteiger partial charge on any atom is -0.463 e. The van der Waals surface area contributed by atoms with Crippen molar-refractivity contribution in [1.29, 1.82) is 0 Å². The van der Waals surface area contributed by atoms with E-state index in [9.17, 15) is 4.79 Å². The van der Waals surface area contributed by atoms with Crippen molar-refractivity contribution in [2.45, 2.75) is 45.6 Å². The molecule has 4 rings (SSSR count). The van der Waals surface area contributed by atoms with E-state index in [1.807, 2.05) is 18.2 Å². The number of morpholine rings is 1. The number of hydrogen-bond donors (Lipinski definition) is 4. The number of anilines is 2. The lowest BCUT2D eigenvalue weighted by atomic mass is 9.83. The molecule has 1 aliphatic heterocycles. The molecule has 0 bridgehead atoms. The highest BCUT2D eigenvalue weighted by Gasteiger charge is 2.25. The Kier molecular flexibility index (Phi) is 8.60. The van der Waals surface area contributed by atoms with Crippen molar-refractivity contribution in [2.75, 3.05) is 37.0 Å². The number of nitrogens with zero attached hydrogens (tertiary/aromatic N) is 4. The monoisotopic (exact) mass is 515 g/mol. The molecule has 1 saturated carbocycles. The van der Waals surface area contributed by atoms with Crippen LogP contribution in [0.25, 0.3) is 11.3 Å². The van der Waals surface area contributed by atoms with Gasteiger partial charge in [0.15, 0.2) is 17.5 Å². The molecule has 194 valence electrons. The standard InChI is InChI=1S/C25H34ClN7O3/c1-15-6-8-17(9-7-15)13-28-21-20(18-4-3-5-19(26)12-18)29-24(22(27)30-25(34)35)31-23(21)32-33-10-11-36-14-16(33)2/h3-5,12,15-17,28H,6-11,13-14H2,1-2H3,(H2,27,30)(H,34,35)(H,29,31,32)/t15?,16-,17?/m0/s1. The maximum atomic E-state index is 11.2. The second-order valence-electron chi connectivity index (χ2n) is 9.65. The Hall–Kier alpha value is -2.95. The van der Waals surface area contributed by atoms with Gasteiger partial charge in [0, 0.05) is 29.7 Å². The second kappa shape index (κ2) is 11.9. The van der Waals surface area contributed by atoms with Gasteiger partial charge in [0.2, 0.25) is 0 Å². The number of carbonyl (C=O) groups is 1. The number of carboxylic acid groups (broad SMARTS) is 1. The zero-order valence-corrected chi connectivity index (χ0v) is 21.5. The van der Waals surface area contributed by atoms with Crippen LogP contribution in [0.4, 0.5) is 16.3 Å². The van der Waals surface area contributed by atoms with Gasteiger partial charge in [-0.3, -0.25) is 0 Å². The molecular formula is C25H34ClN7O3. The van der Waals surface area contributed by atoms with Crippen molar-refractivity contribution in [2.24, 2.45) is 22.6 Å². The summed E-state index contributed by atoms with van der Waals surface area (Å²) in [5.41, 5.74) is 11.4. The first-order valence-electron chi connectivity index (χ1n) is 12.4. The Labute approximate surface area is 216 Å². The van der Waals surface area contributed by atoms with E-state index in [2.05, 4.69) is 44.6 Å². The molecule has 0 radical (unpaired) electrons. The third-order valence-electron chi connectivity index (χ3n) is 6.77. The van der Waals surface area contributed by atoms with Crippen molar-refractivity contribution in [1.82, 2.24) is 15.0 Å². The number of aliphatic imine (C=N–C) groups is 1. The minimum atomic E-state index is -1.41. The quantitative estimate of drug-likeness (QED) is 0.311. The zero-order valence-electron chi connectivity index (χ0n) is 20.7. The fourth-order valence-corrected chi connectivity index (χ4v) is 4.82. The van der Waals surface area contributed by atoms with Crippen LogP contribution in [0.2, 0.25) is 5.02 Å². The highest BCUT2D eigenvalue weighted by atomic mass is 35.5. The Balaban J connectivity index is 1.78. The molecule has 1 amide bonds. The summed E-state index contributed by atoms with van der Waals surface area (Å²) in [6, 6.07) is 7.45. The van der Waals surface area contributed by atoms with Crippen LogP contribution in [0.5, 0.6) is 0 Å². The molecule has 1 aromatic heterocycles. The van der Waals surface area contributed by atoms with E-state index in [1.54, 1.807) is 6.07 Å². The Morgan fingerprint density at radius 3 is 2.75 bits per heavy atom. The Bertz CT molecular complexity index is 1110. The summed E-state index contributed by atoms with van der Waals surface area (Å²) in [4.78, 5) is 23.9. The summed E-state index contributed by atoms with van der Waals surface area (Å²) in [7, 11) is 0. The van der Waals surface area contributed by atoms with Crippen LogP contribution >= 0.6 is 11.6 Å². The topological polar surface area (TPSA) is 138 Å². The maximum Gasteiger partial charge on any atom is 0.433 e. The average molecular weight is 516 g/mol. The van der Waals surface area contributed by atoms with Crippen molar-refractivity contribution >= 4 is 35.0 Å². The van der Waals surface area contributed by atoms with Crippen LogP contribution in [0.3, 0.4) is 0 Å². The number of amidine groups is 1. The van der Waals surface area contributed by atoms with Gasteiger partial charge < -0.3 is 26.3 Å². The lowest BCUT2D eigenvalue weighted by Gasteiger charge is -2.34.